The zero-order chi connectivity index (χ0) is 13.4. The van der Waals surface area contributed by atoms with Gasteiger partial charge in [-0.2, -0.15) is 0 Å². The highest BCUT2D eigenvalue weighted by molar-refractivity contribution is 9.10. The van der Waals surface area contributed by atoms with Gasteiger partial charge in [0.1, 0.15) is 5.82 Å². The summed E-state index contributed by atoms with van der Waals surface area (Å²) in [6.07, 6.45) is 1.67. The molecule has 3 rings (SSSR count). The van der Waals surface area contributed by atoms with Crippen molar-refractivity contribution in [1.82, 2.24) is 9.80 Å². The molecule has 0 aliphatic carbocycles. The van der Waals surface area contributed by atoms with Crippen LogP contribution in [0.2, 0.25) is 0 Å². The molecule has 2 heterocycles. The van der Waals surface area contributed by atoms with Crippen LogP contribution in [0.3, 0.4) is 0 Å². The fraction of sp³-hybridized carbons (Fsp3) is 0.500. The van der Waals surface area contributed by atoms with Crippen LogP contribution in [0.4, 0.5) is 4.39 Å². The minimum absolute atomic E-state index is 0.227. The van der Waals surface area contributed by atoms with Gasteiger partial charge in [-0.05, 0) is 40.0 Å². The molecule has 102 valence electrons. The van der Waals surface area contributed by atoms with E-state index in [9.17, 15) is 9.18 Å². The molecule has 2 aliphatic heterocycles. The van der Waals surface area contributed by atoms with Crippen LogP contribution in [-0.2, 0) is 11.3 Å². The second kappa shape index (κ2) is 5.21. The van der Waals surface area contributed by atoms with Crippen molar-refractivity contribution in [2.45, 2.75) is 25.4 Å². The van der Waals surface area contributed by atoms with Gasteiger partial charge in [0, 0.05) is 38.6 Å². The maximum atomic E-state index is 13.2. The number of rotatable bonds is 2. The lowest BCUT2D eigenvalue weighted by atomic mass is 10.1. The predicted molar refractivity (Wildman–Crippen MR) is 74.1 cm³/mol. The Hall–Kier alpha value is -0.940. The molecule has 1 amide bonds. The van der Waals surface area contributed by atoms with Crippen molar-refractivity contribution in [3.63, 3.8) is 0 Å². The van der Waals surface area contributed by atoms with Crippen LogP contribution in [0.1, 0.15) is 18.4 Å². The summed E-state index contributed by atoms with van der Waals surface area (Å²) in [4.78, 5) is 16.0. The van der Waals surface area contributed by atoms with Crippen LogP contribution in [-0.4, -0.2) is 41.4 Å². The first-order valence-electron chi connectivity index (χ1n) is 6.59. The number of piperazine rings is 1. The summed E-state index contributed by atoms with van der Waals surface area (Å²) in [6.45, 7) is 3.47. The minimum atomic E-state index is -0.227. The summed E-state index contributed by atoms with van der Waals surface area (Å²) in [5, 5.41) is 0. The van der Waals surface area contributed by atoms with Gasteiger partial charge >= 0.3 is 0 Å². The lowest BCUT2D eigenvalue weighted by Crippen LogP contribution is -2.50. The molecule has 2 fully saturated rings. The highest BCUT2D eigenvalue weighted by Gasteiger charge is 2.35. The fourth-order valence-corrected chi connectivity index (χ4v) is 3.39. The Kier molecular flexibility index (Phi) is 3.58. The van der Waals surface area contributed by atoms with E-state index in [1.165, 1.54) is 6.07 Å². The smallest absolute Gasteiger partial charge is 0.222 e. The Balaban J connectivity index is 1.65. The number of hydrogen-bond donors (Lipinski definition) is 0. The van der Waals surface area contributed by atoms with E-state index in [4.69, 9.17) is 0 Å². The number of hydrogen-bond acceptors (Lipinski definition) is 2. The molecule has 19 heavy (non-hydrogen) atoms. The van der Waals surface area contributed by atoms with E-state index < -0.39 is 0 Å². The molecule has 5 heteroatoms. The topological polar surface area (TPSA) is 23.6 Å². The third kappa shape index (κ3) is 2.67. The Morgan fingerprint density at radius 3 is 3.00 bits per heavy atom. The molecule has 1 aromatic carbocycles. The average Bonchev–Trinajstić information content (AvgIpc) is 2.75. The summed E-state index contributed by atoms with van der Waals surface area (Å²) in [5.41, 5.74) is 1.10. The predicted octanol–water partition coefficient (Wildman–Crippen LogP) is 2.39. The van der Waals surface area contributed by atoms with Gasteiger partial charge < -0.3 is 4.90 Å². The van der Waals surface area contributed by atoms with Gasteiger partial charge in [0.15, 0.2) is 0 Å². The van der Waals surface area contributed by atoms with Crippen LogP contribution in [0.5, 0.6) is 0 Å². The lowest BCUT2D eigenvalue weighted by Gasteiger charge is -2.37. The fourth-order valence-electron chi connectivity index (χ4n) is 2.97. The van der Waals surface area contributed by atoms with Gasteiger partial charge in [0.25, 0.3) is 0 Å². The van der Waals surface area contributed by atoms with Crippen molar-refractivity contribution in [1.29, 1.82) is 0 Å². The zero-order valence-corrected chi connectivity index (χ0v) is 12.2. The lowest BCUT2D eigenvalue weighted by molar-refractivity contribution is -0.130. The van der Waals surface area contributed by atoms with Crippen molar-refractivity contribution < 1.29 is 9.18 Å². The van der Waals surface area contributed by atoms with Gasteiger partial charge in [0.05, 0.1) is 4.47 Å². The van der Waals surface area contributed by atoms with Crippen LogP contribution in [0, 0.1) is 5.82 Å². The van der Waals surface area contributed by atoms with Crippen molar-refractivity contribution in [3.8, 4) is 0 Å². The first-order valence-corrected chi connectivity index (χ1v) is 7.38. The highest BCUT2D eigenvalue weighted by atomic mass is 79.9. The first-order chi connectivity index (χ1) is 9.13. The first kappa shape index (κ1) is 13.1. The van der Waals surface area contributed by atoms with Crippen molar-refractivity contribution in [2.24, 2.45) is 0 Å². The van der Waals surface area contributed by atoms with E-state index in [1.807, 2.05) is 17.0 Å². The summed E-state index contributed by atoms with van der Waals surface area (Å²) in [5.74, 6) is 0.0733. The Morgan fingerprint density at radius 1 is 1.37 bits per heavy atom. The van der Waals surface area contributed by atoms with Gasteiger partial charge in [-0.3, -0.25) is 9.69 Å². The molecule has 0 saturated carbocycles. The maximum Gasteiger partial charge on any atom is 0.222 e. The standard InChI is InChI=1S/C14H16BrFN2O/c15-12-7-10(1-3-13(12)16)8-17-5-6-18-11(9-17)2-4-14(18)19/h1,3,7,11H,2,4-6,8-9H2. The normalized spacial score (nSPS) is 23.8. The van der Waals surface area contributed by atoms with Crippen LogP contribution >= 0.6 is 15.9 Å². The highest BCUT2D eigenvalue weighted by Crippen LogP contribution is 2.24. The number of carbonyl (C=O) groups is 1. The molecular formula is C14H16BrFN2O. The SMILES string of the molecule is O=C1CCC2CN(Cc3ccc(F)c(Br)c3)CCN12. The largest absolute Gasteiger partial charge is 0.337 e. The molecule has 3 nitrogen and oxygen atoms in total. The van der Waals surface area contributed by atoms with E-state index in [-0.39, 0.29) is 5.82 Å². The summed E-state index contributed by atoms with van der Waals surface area (Å²) < 4.78 is 13.7. The molecule has 0 spiro atoms. The third-order valence-electron chi connectivity index (χ3n) is 3.97. The van der Waals surface area contributed by atoms with Gasteiger partial charge in [-0.1, -0.05) is 6.07 Å². The monoisotopic (exact) mass is 326 g/mol. The molecule has 0 aromatic heterocycles. The Labute approximate surface area is 120 Å². The van der Waals surface area contributed by atoms with Crippen molar-refractivity contribution in [2.75, 3.05) is 19.6 Å². The van der Waals surface area contributed by atoms with Crippen molar-refractivity contribution in [3.05, 3.63) is 34.1 Å². The molecule has 1 aromatic rings. The van der Waals surface area contributed by atoms with Crippen LogP contribution in [0.15, 0.2) is 22.7 Å². The summed E-state index contributed by atoms with van der Waals surface area (Å²) in [7, 11) is 0. The van der Waals surface area contributed by atoms with E-state index in [0.29, 0.717) is 22.8 Å². The molecule has 0 radical (unpaired) electrons. The zero-order valence-electron chi connectivity index (χ0n) is 10.6. The molecule has 1 atom stereocenters. The van der Waals surface area contributed by atoms with E-state index in [0.717, 1.165) is 38.2 Å². The summed E-state index contributed by atoms with van der Waals surface area (Å²) >= 11 is 3.22. The van der Waals surface area contributed by atoms with E-state index >= 15 is 0 Å². The quantitative estimate of drug-likeness (QED) is 0.833. The van der Waals surface area contributed by atoms with Crippen LogP contribution < -0.4 is 0 Å². The third-order valence-corrected chi connectivity index (χ3v) is 4.58. The minimum Gasteiger partial charge on any atom is -0.337 e. The van der Waals surface area contributed by atoms with Gasteiger partial charge in [-0.15, -0.1) is 0 Å². The Morgan fingerprint density at radius 2 is 2.21 bits per heavy atom. The number of fused-ring (bicyclic) bond motifs is 1. The van der Waals surface area contributed by atoms with E-state index in [1.54, 1.807) is 0 Å². The number of benzene rings is 1. The Bertz CT molecular complexity index is 508. The number of halogens is 2. The molecular weight excluding hydrogens is 311 g/mol. The molecule has 2 saturated heterocycles. The number of amides is 1. The van der Waals surface area contributed by atoms with Crippen molar-refractivity contribution >= 4 is 21.8 Å². The molecule has 0 bridgehead atoms. The van der Waals surface area contributed by atoms with Crippen LogP contribution in [0.25, 0.3) is 0 Å². The maximum absolute atomic E-state index is 13.2. The second-order valence-corrected chi connectivity index (χ2v) is 6.12. The number of nitrogens with zero attached hydrogens (tertiary/aromatic N) is 2. The molecule has 0 N–H and O–H groups in total. The average molecular weight is 327 g/mol. The van der Waals surface area contributed by atoms with Gasteiger partial charge in [0.2, 0.25) is 5.91 Å². The number of carbonyl (C=O) groups excluding carboxylic acids is 1. The molecule has 1 unspecified atom stereocenters. The summed E-state index contributed by atoms with van der Waals surface area (Å²) in [6, 6.07) is 5.54. The second-order valence-electron chi connectivity index (χ2n) is 5.26. The van der Waals surface area contributed by atoms with Gasteiger partial charge in [-0.25, -0.2) is 4.39 Å². The van der Waals surface area contributed by atoms with E-state index in [2.05, 4.69) is 20.8 Å². The molecule has 2 aliphatic rings.